The van der Waals surface area contributed by atoms with Crippen LogP contribution in [0.3, 0.4) is 0 Å². The van der Waals surface area contributed by atoms with Gasteiger partial charge < -0.3 is 20.1 Å². The van der Waals surface area contributed by atoms with Crippen LogP contribution >= 0.6 is 11.3 Å². The lowest BCUT2D eigenvalue weighted by Crippen LogP contribution is -2.21. The molecule has 178 valence electrons. The number of carbonyl (C=O) groups is 3. The molecule has 35 heavy (non-hydrogen) atoms. The third-order valence-corrected chi connectivity index (χ3v) is 5.56. The van der Waals surface area contributed by atoms with Crippen LogP contribution in [-0.2, 0) is 19.1 Å². The second-order valence-electron chi connectivity index (χ2n) is 7.49. The van der Waals surface area contributed by atoms with Crippen LogP contribution in [0.5, 0.6) is 11.5 Å². The van der Waals surface area contributed by atoms with Gasteiger partial charge >= 0.3 is 5.97 Å². The van der Waals surface area contributed by atoms with Crippen molar-refractivity contribution < 1.29 is 23.9 Å². The summed E-state index contributed by atoms with van der Waals surface area (Å²) < 4.78 is 10.9. The van der Waals surface area contributed by atoms with Crippen molar-refractivity contribution in [3.63, 3.8) is 0 Å². The van der Waals surface area contributed by atoms with Gasteiger partial charge in [0, 0.05) is 17.5 Å². The average Bonchev–Trinajstić information content (AvgIpc) is 3.27. The number of rotatable bonds is 9. The minimum atomic E-state index is -0.650. The average molecular weight is 491 g/mol. The maximum absolute atomic E-state index is 12.1. The van der Waals surface area contributed by atoms with E-state index in [0.29, 0.717) is 16.6 Å². The molecular weight excluding hydrogens is 468 g/mol. The zero-order valence-corrected chi connectivity index (χ0v) is 19.6. The van der Waals surface area contributed by atoms with E-state index in [1.165, 1.54) is 11.3 Å². The van der Waals surface area contributed by atoms with E-state index in [0.717, 1.165) is 21.5 Å². The summed E-state index contributed by atoms with van der Waals surface area (Å²) in [6.45, 7) is 1.31. The number of hydrogen-bond donors (Lipinski definition) is 2. The monoisotopic (exact) mass is 490 g/mol. The highest BCUT2D eigenvalue weighted by Gasteiger charge is 2.12. The quantitative estimate of drug-likeness (QED) is 0.327. The van der Waals surface area contributed by atoms with Crippen LogP contribution < -0.4 is 15.4 Å². The molecule has 3 aromatic carbocycles. The number of nitrogens with zero attached hydrogens (tertiary/aromatic N) is 2. The molecule has 0 radical (unpaired) electrons. The zero-order chi connectivity index (χ0) is 24.6. The molecule has 0 aliphatic rings. The van der Waals surface area contributed by atoms with Gasteiger partial charge in [-0.05, 0) is 42.6 Å². The topological polar surface area (TPSA) is 120 Å². The van der Waals surface area contributed by atoms with Gasteiger partial charge in [-0.3, -0.25) is 14.4 Å². The van der Waals surface area contributed by atoms with E-state index in [9.17, 15) is 14.4 Å². The molecule has 0 bridgehead atoms. The number of esters is 1. The molecule has 0 fully saturated rings. The number of hydrogen-bond acceptors (Lipinski definition) is 8. The van der Waals surface area contributed by atoms with Gasteiger partial charge in [-0.1, -0.05) is 47.7 Å². The first-order chi connectivity index (χ1) is 17.0. The van der Waals surface area contributed by atoms with Crippen molar-refractivity contribution in [2.45, 2.75) is 19.8 Å². The second kappa shape index (κ2) is 11.2. The second-order valence-corrected chi connectivity index (χ2v) is 8.67. The largest absolute Gasteiger partial charge is 0.457 e. The fourth-order valence-electron chi connectivity index (χ4n) is 3.18. The molecule has 0 aliphatic heterocycles. The van der Waals surface area contributed by atoms with Crippen LogP contribution in [0.15, 0.2) is 66.7 Å². The Bertz CT molecular complexity index is 1350. The first kappa shape index (κ1) is 23.8. The first-order valence-corrected chi connectivity index (χ1v) is 11.6. The Kier molecular flexibility index (Phi) is 7.63. The highest BCUT2D eigenvalue weighted by atomic mass is 32.1. The fourth-order valence-corrected chi connectivity index (χ4v) is 3.79. The van der Waals surface area contributed by atoms with Crippen molar-refractivity contribution in [1.29, 1.82) is 0 Å². The van der Waals surface area contributed by atoms with Crippen LogP contribution in [0.25, 0.3) is 10.8 Å². The third kappa shape index (κ3) is 6.84. The summed E-state index contributed by atoms with van der Waals surface area (Å²) in [5.74, 6) is -0.169. The molecule has 0 saturated carbocycles. The number of carbonyl (C=O) groups excluding carboxylic acids is 3. The molecule has 0 atom stereocenters. The number of ether oxygens (including phenoxy) is 2. The SMILES string of the molecule is Cc1nnc(NC(=O)CCC(=O)OCC(=O)Nc2ccc(Oc3cccc4ccccc34)cc2)s1. The summed E-state index contributed by atoms with van der Waals surface area (Å²) >= 11 is 1.24. The van der Waals surface area contributed by atoms with Crippen molar-refractivity contribution >= 4 is 50.7 Å². The number of aryl methyl sites for hydroxylation is 1. The van der Waals surface area contributed by atoms with Gasteiger partial charge in [0.15, 0.2) is 6.61 Å². The van der Waals surface area contributed by atoms with Crippen molar-refractivity contribution in [1.82, 2.24) is 10.2 Å². The third-order valence-electron chi connectivity index (χ3n) is 4.81. The zero-order valence-electron chi connectivity index (χ0n) is 18.8. The summed E-state index contributed by atoms with van der Waals surface area (Å²) in [5.41, 5.74) is 0.531. The number of anilines is 2. The Morgan fingerprint density at radius 2 is 1.63 bits per heavy atom. The lowest BCUT2D eigenvalue weighted by molar-refractivity contribution is -0.147. The van der Waals surface area contributed by atoms with Crippen LogP contribution in [-0.4, -0.2) is 34.6 Å². The standard InChI is InChI=1S/C25H22N4O5S/c1-16-28-29-25(35-16)27-22(30)13-14-24(32)33-15-23(31)26-18-9-11-19(12-10-18)34-21-8-4-6-17-5-2-3-7-20(17)21/h2-12H,13-15H2,1H3,(H,26,31)(H,27,29,30). The summed E-state index contributed by atoms with van der Waals surface area (Å²) in [6, 6.07) is 20.6. The minimum Gasteiger partial charge on any atom is -0.457 e. The molecule has 0 unspecified atom stereocenters. The van der Waals surface area contributed by atoms with E-state index < -0.39 is 18.5 Å². The summed E-state index contributed by atoms with van der Waals surface area (Å²) in [7, 11) is 0. The molecule has 0 aliphatic carbocycles. The Morgan fingerprint density at radius 3 is 2.40 bits per heavy atom. The molecule has 1 aromatic heterocycles. The van der Waals surface area contributed by atoms with Gasteiger partial charge in [-0.15, -0.1) is 10.2 Å². The summed E-state index contributed by atoms with van der Waals surface area (Å²) in [6.07, 6.45) is -0.242. The molecular formula is C25H22N4O5S. The Balaban J connectivity index is 1.20. The van der Waals surface area contributed by atoms with E-state index in [1.807, 2.05) is 42.5 Å². The highest BCUT2D eigenvalue weighted by molar-refractivity contribution is 7.15. The molecule has 1 heterocycles. The molecule has 9 nitrogen and oxygen atoms in total. The normalized spacial score (nSPS) is 10.5. The predicted octanol–water partition coefficient (Wildman–Crippen LogP) is 4.69. The molecule has 0 saturated heterocycles. The van der Waals surface area contributed by atoms with Crippen LogP contribution in [0.2, 0.25) is 0 Å². The Morgan fingerprint density at radius 1 is 0.857 bits per heavy atom. The maximum atomic E-state index is 12.1. The molecule has 10 heteroatoms. The summed E-state index contributed by atoms with van der Waals surface area (Å²) in [5, 5.41) is 15.9. The van der Waals surface area contributed by atoms with Crippen LogP contribution in [0.4, 0.5) is 10.8 Å². The van der Waals surface area contributed by atoms with Gasteiger partial charge in [0.25, 0.3) is 5.91 Å². The van der Waals surface area contributed by atoms with Crippen molar-refractivity contribution in [2.24, 2.45) is 0 Å². The summed E-state index contributed by atoms with van der Waals surface area (Å²) in [4.78, 5) is 35.8. The predicted molar refractivity (Wildman–Crippen MR) is 133 cm³/mol. The highest BCUT2D eigenvalue weighted by Crippen LogP contribution is 2.30. The fraction of sp³-hybridized carbons (Fsp3) is 0.160. The molecule has 4 aromatic rings. The lowest BCUT2D eigenvalue weighted by Gasteiger charge is -2.10. The number of nitrogens with one attached hydrogen (secondary N) is 2. The number of benzene rings is 3. The van der Waals surface area contributed by atoms with E-state index >= 15 is 0 Å². The molecule has 0 spiro atoms. The Labute approximate surface area is 205 Å². The number of aromatic nitrogens is 2. The minimum absolute atomic E-state index is 0.0861. The van der Waals surface area contributed by atoms with Crippen molar-refractivity contribution in [2.75, 3.05) is 17.2 Å². The van der Waals surface area contributed by atoms with E-state index in [-0.39, 0.29) is 18.7 Å². The molecule has 2 N–H and O–H groups in total. The number of fused-ring (bicyclic) bond motifs is 1. The van der Waals surface area contributed by atoms with Crippen LogP contribution in [0, 0.1) is 6.92 Å². The molecule has 2 amide bonds. The lowest BCUT2D eigenvalue weighted by atomic mass is 10.1. The first-order valence-electron chi connectivity index (χ1n) is 10.8. The van der Waals surface area contributed by atoms with Crippen LogP contribution in [0.1, 0.15) is 17.8 Å². The smallest absolute Gasteiger partial charge is 0.306 e. The van der Waals surface area contributed by atoms with Crippen molar-refractivity contribution in [3.8, 4) is 11.5 Å². The van der Waals surface area contributed by atoms with Crippen molar-refractivity contribution in [3.05, 3.63) is 71.7 Å². The van der Waals surface area contributed by atoms with Gasteiger partial charge in [0.1, 0.15) is 16.5 Å². The van der Waals surface area contributed by atoms with E-state index in [4.69, 9.17) is 9.47 Å². The van der Waals surface area contributed by atoms with E-state index in [1.54, 1.807) is 31.2 Å². The van der Waals surface area contributed by atoms with Gasteiger partial charge in [0.05, 0.1) is 6.42 Å². The maximum Gasteiger partial charge on any atom is 0.306 e. The Hall–Kier alpha value is -4.31. The van der Waals surface area contributed by atoms with Gasteiger partial charge in [0.2, 0.25) is 11.0 Å². The van der Waals surface area contributed by atoms with E-state index in [2.05, 4.69) is 20.8 Å². The molecule has 4 rings (SSSR count). The van der Waals surface area contributed by atoms with Gasteiger partial charge in [-0.2, -0.15) is 0 Å². The number of amides is 2. The van der Waals surface area contributed by atoms with Gasteiger partial charge in [-0.25, -0.2) is 0 Å².